The number of alkyl halides is 2. The summed E-state index contributed by atoms with van der Waals surface area (Å²) in [4.78, 5) is 0. The van der Waals surface area contributed by atoms with E-state index in [0.717, 1.165) is 6.42 Å². The van der Waals surface area contributed by atoms with Crippen molar-refractivity contribution < 1.29 is 4.43 Å². The van der Waals surface area contributed by atoms with Crippen LogP contribution in [-0.4, -0.2) is 18.9 Å². The number of rotatable bonds is 13. The molecule has 0 saturated heterocycles. The van der Waals surface area contributed by atoms with Crippen LogP contribution in [0.5, 0.6) is 0 Å². The van der Waals surface area contributed by atoms with Gasteiger partial charge in [0.15, 0.2) is 0 Å². The van der Waals surface area contributed by atoms with Crippen molar-refractivity contribution in [1.82, 2.24) is 0 Å². The van der Waals surface area contributed by atoms with Gasteiger partial charge < -0.3 is 4.43 Å². The highest BCUT2D eigenvalue weighted by Crippen LogP contribution is 2.23. The van der Waals surface area contributed by atoms with Gasteiger partial charge in [0, 0.05) is 6.10 Å². The molecule has 0 saturated carbocycles. The van der Waals surface area contributed by atoms with Crippen molar-refractivity contribution in [2.75, 3.05) is 0 Å². The Labute approximate surface area is 137 Å². The van der Waals surface area contributed by atoms with Crippen LogP contribution < -0.4 is 0 Å². The van der Waals surface area contributed by atoms with Gasteiger partial charge in [0.1, 0.15) is 4.46 Å². The molecular formula is C16H34Cl2OSi. The second-order valence-corrected chi connectivity index (χ2v) is 12.3. The predicted molar refractivity (Wildman–Crippen MR) is 95.4 cm³/mol. The quantitative estimate of drug-likeness (QED) is 0.202. The third-order valence-corrected chi connectivity index (χ3v) is 8.96. The molecular weight excluding hydrogens is 307 g/mol. The molecule has 0 bridgehead atoms. The van der Waals surface area contributed by atoms with Gasteiger partial charge in [-0.2, -0.15) is 0 Å². The molecule has 0 fully saturated rings. The van der Waals surface area contributed by atoms with Gasteiger partial charge in [-0.25, -0.2) is 0 Å². The summed E-state index contributed by atoms with van der Waals surface area (Å²) in [6.07, 6.45) is 13.8. The Balaban J connectivity index is 3.42. The largest absolute Gasteiger partial charge is 0.412 e. The summed E-state index contributed by atoms with van der Waals surface area (Å²) >= 11 is 11.9. The molecule has 1 nitrogen and oxygen atoms in total. The SMILES string of the molecule is CCCCCCCCCCCC(C)O[Si](C)(C)C(Cl)Cl. The fraction of sp³-hybridized carbons (Fsp3) is 1.00. The molecule has 0 rings (SSSR count). The van der Waals surface area contributed by atoms with Crippen LogP contribution in [0.3, 0.4) is 0 Å². The van der Waals surface area contributed by atoms with Gasteiger partial charge in [-0.15, -0.1) is 23.2 Å². The van der Waals surface area contributed by atoms with Gasteiger partial charge in [0.25, 0.3) is 0 Å². The molecule has 1 unspecified atom stereocenters. The van der Waals surface area contributed by atoms with Crippen LogP contribution in [0, 0.1) is 0 Å². The minimum Gasteiger partial charge on any atom is -0.412 e. The van der Waals surface area contributed by atoms with Gasteiger partial charge in [0.2, 0.25) is 8.32 Å². The highest BCUT2D eigenvalue weighted by Gasteiger charge is 2.32. The summed E-state index contributed by atoms with van der Waals surface area (Å²) in [5.74, 6) is 0. The van der Waals surface area contributed by atoms with E-state index in [0.29, 0.717) is 6.10 Å². The number of unbranched alkanes of at least 4 members (excludes halogenated alkanes) is 8. The van der Waals surface area contributed by atoms with E-state index < -0.39 is 8.32 Å². The maximum Gasteiger partial charge on any atom is 0.220 e. The standard InChI is InChI=1S/C16H34Cl2OSi/c1-5-6-7-8-9-10-11-12-13-14-15(2)19-20(3,4)16(17)18/h15-16H,5-14H2,1-4H3. The molecule has 0 aromatic carbocycles. The Kier molecular flexibility index (Phi) is 12.8. The summed E-state index contributed by atoms with van der Waals surface area (Å²) < 4.78 is 5.71. The lowest BCUT2D eigenvalue weighted by Crippen LogP contribution is -2.41. The van der Waals surface area contributed by atoms with Gasteiger partial charge >= 0.3 is 0 Å². The second-order valence-electron chi connectivity index (χ2n) is 6.45. The summed E-state index contributed by atoms with van der Waals surface area (Å²) in [6.45, 7) is 8.59. The molecule has 0 aliphatic carbocycles. The molecule has 0 spiro atoms. The summed E-state index contributed by atoms with van der Waals surface area (Å²) in [7, 11) is -1.91. The first-order chi connectivity index (χ1) is 9.40. The van der Waals surface area contributed by atoms with Crippen molar-refractivity contribution in [3.63, 3.8) is 0 Å². The van der Waals surface area contributed by atoms with Crippen LogP contribution in [-0.2, 0) is 4.43 Å². The van der Waals surface area contributed by atoms with Crippen LogP contribution in [0.2, 0.25) is 13.1 Å². The Bertz CT molecular complexity index is 223. The first-order valence-corrected chi connectivity index (χ1v) is 12.2. The third-order valence-electron chi connectivity index (χ3n) is 3.74. The summed E-state index contributed by atoms with van der Waals surface area (Å²) in [5.41, 5.74) is 0. The lowest BCUT2D eigenvalue weighted by Gasteiger charge is -2.28. The second kappa shape index (κ2) is 12.3. The Morgan fingerprint density at radius 2 is 1.30 bits per heavy atom. The Morgan fingerprint density at radius 3 is 1.75 bits per heavy atom. The van der Waals surface area contributed by atoms with Crippen molar-refractivity contribution in [1.29, 1.82) is 0 Å². The molecule has 0 aliphatic heterocycles. The van der Waals surface area contributed by atoms with Crippen LogP contribution in [0.1, 0.15) is 78.1 Å². The first kappa shape index (κ1) is 20.8. The molecule has 0 N–H and O–H groups in total. The maximum absolute atomic E-state index is 6.05. The Morgan fingerprint density at radius 1 is 0.850 bits per heavy atom. The Hall–Kier alpha value is 0.757. The highest BCUT2D eigenvalue weighted by atomic mass is 35.5. The third kappa shape index (κ3) is 11.4. The van der Waals surface area contributed by atoms with Crippen LogP contribution in [0.25, 0.3) is 0 Å². The maximum atomic E-state index is 6.05. The topological polar surface area (TPSA) is 9.23 Å². The first-order valence-electron chi connectivity index (χ1n) is 8.36. The van der Waals surface area contributed by atoms with E-state index in [9.17, 15) is 0 Å². The molecule has 0 aliphatic rings. The average molecular weight is 341 g/mol. The van der Waals surface area contributed by atoms with Crippen LogP contribution in [0.4, 0.5) is 0 Å². The predicted octanol–water partition coefficient (Wildman–Crippen LogP) is 6.86. The van der Waals surface area contributed by atoms with Crippen molar-refractivity contribution in [3.05, 3.63) is 0 Å². The monoisotopic (exact) mass is 340 g/mol. The lowest BCUT2D eigenvalue weighted by molar-refractivity contribution is 0.197. The fourth-order valence-electron chi connectivity index (χ4n) is 2.37. The van der Waals surface area contributed by atoms with E-state index in [1.807, 2.05) is 0 Å². The van der Waals surface area contributed by atoms with E-state index in [1.54, 1.807) is 0 Å². The van der Waals surface area contributed by atoms with E-state index in [4.69, 9.17) is 27.6 Å². The number of hydrogen-bond acceptors (Lipinski definition) is 1. The minimum absolute atomic E-state index is 0.293. The molecule has 4 heteroatoms. The molecule has 122 valence electrons. The number of halogens is 2. The molecule has 0 amide bonds. The van der Waals surface area contributed by atoms with Crippen LogP contribution in [0.15, 0.2) is 0 Å². The zero-order chi connectivity index (χ0) is 15.4. The lowest BCUT2D eigenvalue weighted by atomic mass is 10.1. The van der Waals surface area contributed by atoms with Gasteiger partial charge in [-0.05, 0) is 26.4 Å². The molecule has 0 aromatic heterocycles. The van der Waals surface area contributed by atoms with Crippen molar-refractivity contribution >= 4 is 31.5 Å². The molecule has 1 atom stereocenters. The van der Waals surface area contributed by atoms with Gasteiger partial charge in [-0.1, -0.05) is 64.7 Å². The smallest absolute Gasteiger partial charge is 0.220 e. The van der Waals surface area contributed by atoms with E-state index in [-0.39, 0.29) is 4.46 Å². The van der Waals surface area contributed by atoms with Crippen LogP contribution >= 0.6 is 23.2 Å². The molecule has 0 aromatic rings. The molecule has 0 radical (unpaired) electrons. The van der Waals surface area contributed by atoms with Crippen molar-refractivity contribution in [3.8, 4) is 0 Å². The van der Waals surface area contributed by atoms with E-state index in [1.165, 1.54) is 57.8 Å². The normalized spacial score (nSPS) is 13.9. The summed E-state index contributed by atoms with van der Waals surface area (Å²) in [5, 5.41) is 0. The van der Waals surface area contributed by atoms with Gasteiger partial charge in [-0.3, -0.25) is 0 Å². The summed E-state index contributed by atoms with van der Waals surface area (Å²) in [6, 6.07) is 0. The average Bonchev–Trinajstić information content (AvgIpc) is 2.36. The zero-order valence-electron chi connectivity index (χ0n) is 13.9. The number of hydrogen-bond donors (Lipinski definition) is 0. The zero-order valence-corrected chi connectivity index (χ0v) is 16.4. The van der Waals surface area contributed by atoms with E-state index >= 15 is 0 Å². The van der Waals surface area contributed by atoms with Crippen molar-refractivity contribution in [2.45, 2.75) is 102 Å². The molecule has 0 heterocycles. The fourth-order valence-corrected chi connectivity index (χ4v) is 3.94. The van der Waals surface area contributed by atoms with Crippen molar-refractivity contribution in [2.24, 2.45) is 0 Å². The van der Waals surface area contributed by atoms with Gasteiger partial charge in [0.05, 0.1) is 0 Å². The molecule has 20 heavy (non-hydrogen) atoms. The minimum atomic E-state index is -1.91. The highest BCUT2D eigenvalue weighted by molar-refractivity contribution is 6.88. The van der Waals surface area contributed by atoms with E-state index in [2.05, 4.69) is 26.9 Å².